The van der Waals surface area contributed by atoms with Crippen LogP contribution in [0.25, 0.3) is 0 Å². The average molecular weight is 354 g/mol. The summed E-state index contributed by atoms with van der Waals surface area (Å²) >= 11 is 0. The van der Waals surface area contributed by atoms with Gasteiger partial charge in [-0.15, -0.1) is 0 Å². The number of nitrogens with zero attached hydrogens (tertiary/aromatic N) is 1. The van der Waals surface area contributed by atoms with E-state index in [4.69, 9.17) is 9.47 Å². The summed E-state index contributed by atoms with van der Waals surface area (Å²) in [5.74, 6) is 1.75. The number of ether oxygens (including phenoxy) is 2. The van der Waals surface area contributed by atoms with E-state index >= 15 is 0 Å². The third-order valence-electron chi connectivity index (χ3n) is 4.72. The van der Waals surface area contributed by atoms with Gasteiger partial charge in [0, 0.05) is 31.6 Å². The van der Waals surface area contributed by atoms with Gasteiger partial charge >= 0.3 is 0 Å². The fourth-order valence-corrected chi connectivity index (χ4v) is 4.64. The SMILES string of the molecule is COc1ccc2c(c1)OC[C@@H](CNS(=O)(=O)N1CCCCCC1)C2. The Morgan fingerprint density at radius 3 is 2.71 bits per heavy atom. The number of fused-ring (bicyclic) bond motifs is 1. The number of hydrogen-bond acceptors (Lipinski definition) is 4. The summed E-state index contributed by atoms with van der Waals surface area (Å²) in [7, 11) is -1.76. The minimum Gasteiger partial charge on any atom is -0.497 e. The van der Waals surface area contributed by atoms with Gasteiger partial charge in [0.15, 0.2) is 0 Å². The molecule has 2 heterocycles. The summed E-state index contributed by atoms with van der Waals surface area (Å²) in [6.45, 7) is 2.17. The lowest BCUT2D eigenvalue weighted by Gasteiger charge is -2.27. The maximum Gasteiger partial charge on any atom is 0.279 e. The largest absolute Gasteiger partial charge is 0.497 e. The van der Waals surface area contributed by atoms with E-state index < -0.39 is 10.2 Å². The standard InChI is InChI=1S/C17H26N2O4S/c1-22-16-7-6-15-10-14(13-23-17(15)11-16)12-18-24(20,21)19-8-4-2-3-5-9-19/h6-7,11,14,18H,2-5,8-10,12-13H2,1H3/t14-/m1/s1. The molecular weight excluding hydrogens is 328 g/mol. The number of rotatable bonds is 5. The topological polar surface area (TPSA) is 67.9 Å². The van der Waals surface area contributed by atoms with E-state index in [0.29, 0.717) is 26.2 Å². The first-order valence-corrected chi connectivity index (χ1v) is 10.1. The first-order chi connectivity index (χ1) is 11.6. The Labute approximate surface area is 144 Å². The zero-order valence-electron chi connectivity index (χ0n) is 14.2. The van der Waals surface area contributed by atoms with E-state index in [-0.39, 0.29) is 5.92 Å². The molecule has 0 bridgehead atoms. The highest BCUT2D eigenvalue weighted by atomic mass is 32.2. The van der Waals surface area contributed by atoms with Crippen molar-refractivity contribution >= 4 is 10.2 Å². The molecule has 6 nitrogen and oxygen atoms in total. The molecule has 1 N–H and O–H groups in total. The average Bonchev–Trinajstić information content (AvgIpc) is 2.89. The van der Waals surface area contributed by atoms with Crippen molar-refractivity contribution in [2.45, 2.75) is 32.1 Å². The van der Waals surface area contributed by atoms with Crippen LogP contribution in [0.2, 0.25) is 0 Å². The second-order valence-corrected chi connectivity index (χ2v) is 8.28. The molecule has 3 rings (SSSR count). The number of nitrogens with one attached hydrogen (secondary N) is 1. The molecule has 0 amide bonds. The molecular formula is C17H26N2O4S. The Bertz CT molecular complexity index is 655. The summed E-state index contributed by atoms with van der Waals surface area (Å²) in [5, 5.41) is 0. The molecule has 24 heavy (non-hydrogen) atoms. The summed E-state index contributed by atoms with van der Waals surface area (Å²) in [5.41, 5.74) is 1.10. The molecule has 0 unspecified atom stereocenters. The van der Waals surface area contributed by atoms with E-state index in [1.807, 2.05) is 18.2 Å². The molecule has 7 heteroatoms. The first kappa shape index (κ1) is 17.5. The highest BCUT2D eigenvalue weighted by molar-refractivity contribution is 7.87. The fraction of sp³-hybridized carbons (Fsp3) is 0.647. The summed E-state index contributed by atoms with van der Waals surface area (Å²) in [6, 6.07) is 5.78. The minimum absolute atomic E-state index is 0.146. The second-order valence-electron chi connectivity index (χ2n) is 6.52. The molecule has 2 aliphatic rings. The molecule has 1 atom stereocenters. The van der Waals surface area contributed by atoms with Crippen LogP contribution >= 0.6 is 0 Å². The summed E-state index contributed by atoms with van der Waals surface area (Å²) in [4.78, 5) is 0. The van der Waals surface area contributed by atoms with Crippen LogP contribution in [0.1, 0.15) is 31.2 Å². The Hall–Kier alpha value is -1.31. The van der Waals surface area contributed by atoms with Crippen molar-refractivity contribution in [2.24, 2.45) is 5.92 Å². The van der Waals surface area contributed by atoms with Crippen molar-refractivity contribution < 1.29 is 17.9 Å². The van der Waals surface area contributed by atoms with Gasteiger partial charge in [-0.1, -0.05) is 18.9 Å². The normalized spacial score (nSPS) is 22.3. The summed E-state index contributed by atoms with van der Waals surface area (Å²) in [6.07, 6.45) is 4.93. The molecule has 1 aromatic rings. The molecule has 0 aromatic heterocycles. The molecule has 1 saturated heterocycles. The molecule has 0 aliphatic carbocycles. The van der Waals surface area contributed by atoms with Crippen LogP contribution in [-0.4, -0.2) is 46.1 Å². The predicted octanol–water partition coefficient (Wildman–Crippen LogP) is 1.96. The van der Waals surface area contributed by atoms with Crippen LogP contribution < -0.4 is 14.2 Å². The van der Waals surface area contributed by atoms with Crippen molar-refractivity contribution in [3.63, 3.8) is 0 Å². The number of benzene rings is 1. The molecule has 1 fully saturated rings. The Kier molecular flexibility index (Phi) is 5.63. The van der Waals surface area contributed by atoms with Crippen LogP contribution in [0.15, 0.2) is 18.2 Å². The zero-order valence-corrected chi connectivity index (χ0v) is 15.0. The van der Waals surface area contributed by atoms with Crippen LogP contribution in [-0.2, 0) is 16.6 Å². The monoisotopic (exact) mass is 354 g/mol. The van der Waals surface area contributed by atoms with Gasteiger partial charge in [0.2, 0.25) is 0 Å². The predicted molar refractivity (Wildman–Crippen MR) is 92.6 cm³/mol. The lowest BCUT2D eigenvalue weighted by molar-refractivity contribution is 0.221. The maximum atomic E-state index is 12.5. The number of hydrogen-bond donors (Lipinski definition) is 1. The molecule has 134 valence electrons. The number of methoxy groups -OCH3 is 1. The van der Waals surface area contributed by atoms with Crippen LogP contribution in [0.4, 0.5) is 0 Å². The van der Waals surface area contributed by atoms with Crippen LogP contribution in [0.3, 0.4) is 0 Å². The lowest BCUT2D eigenvalue weighted by Crippen LogP contribution is -2.44. The lowest BCUT2D eigenvalue weighted by atomic mass is 9.97. The Balaban J connectivity index is 1.57. The third kappa shape index (κ3) is 4.20. The van der Waals surface area contributed by atoms with E-state index in [1.165, 1.54) is 0 Å². The van der Waals surface area contributed by atoms with Gasteiger partial charge in [-0.25, -0.2) is 4.72 Å². The molecule has 0 spiro atoms. The maximum absolute atomic E-state index is 12.5. The Morgan fingerprint density at radius 1 is 1.25 bits per heavy atom. The molecule has 0 radical (unpaired) electrons. The first-order valence-electron chi connectivity index (χ1n) is 8.63. The van der Waals surface area contributed by atoms with Gasteiger partial charge in [0.05, 0.1) is 13.7 Å². The van der Waals surface area contributed by atoms with Crippen LogP contribution in [0.5, 0.6) is 11.5 Å². The highest BCUT2D eigenvalue weighted by Gasteiger charge is 2.26. The van der Waals surface area contributed by atoms with Crippen molar-refractivity contribution in [2.75, 3.05) is 33.4 Å². The van der Waals surface area contributed by atoms with E-state index in [0.717, 1.165) is 49.2 Å². The van der Waals surface area contributed by atoms with Gasteiger partial charge in [0.25, 0.3) is 10.2 Å². The van der Waals surface area contributed by atoms with E-state index in [2.05, 4.69) is 4.72 Å². The zero-order chi connectivity index (χ0) is 17.0. The van der Waals surface area contributed by atoms with Gasteiger partial charge in [-0.2, -0.15) is 12.7 Å². The smallest absolute Gasteiger partial charge is 0.279 e. The van der Waals surface area contributed by atoms with Crippen molar-refractivity contribution in [3.8, 4) is 11.5 Å². The Morgan fingerprint density at radius 2 is 2.00 bits per heavy atom. The van der Waals surface area contributed by atoms with Crippen molar-refractivity contribution in [1.82, 2.24) is 9.03 Å². The third-order valence-corrected chi connectivity index (χ3v) is 6.29. The van der Waals surface area contributed by atoms with Crippen molar-refractivity contribution in [1.29, 1.82) is 0 Å². The quantitative estimate of drug-likeness (QED) is 0.878. The summed E-state index contributed by atoms with van der Waals surface area (Å²) < 4.78 is 40.3. The fourth-order valence-electron chi connectivity index (χ4n) is 3.27. The molecule has 0 saturated carbocycles. The molecule has 1 aromatic carbocycles. The van der Waals surface area contributed by atoms with Gasteiger partial charge in [0.1, 0.15) is 11.5 Å². The van der Waals surface area contributed by atoms with Gasteiger partial charge in [-0.05, 0) is 30.9 Å². The van der Waals surface area contributed by atoms with Crippen LogP contribution in [0, 0.1) is 5.92 Å². The van der Waals surface area contributed by atoms with Gasteiger partial charge in [-0.3, -0.25) is 0 Å². The van der Waals surface area contributed by atoms with E-state index in [9.17, 15) is 8.42 Å². The molecule has 2 aliphatic heterocycles. The van der Waals surface area contributed by atoms with Gasteiger partial charge < -0.3 is 9.47 Å². The highest BCUT2D eigenvalue weighted by Crippen LogP contribution is 2.30. The van der Waals surface area contributed by atoms with E-state index in [1.54, 1.807) is 11.4 Å². The minimum atomic E-state index is -3.39. The van der Waals surface area contributed by atoms with Crippen molar-refractivity contribution in [3.05, 3.63) is 23.8 Å². The second kappa shape index (κ2) is 7.72.